The van der Waals surface area contributed by atoms with Gasteiger partial charge in [0.2, 0.25) is 11.8 Å². The smallest absolute Gasteiger partial charge is 0.240 e. The van der Waals surface area contributed by atoms with Crippen LogP contribution in [-0.2, 0) is 9.59 Å². The minimum atomic E-state index is -0.301. The highest BCUT2D eigenvalue weighted by Gasteiger charge is 2.03. The van der Waals surface area contributed by atoms with E-state index in [9.17, 15) is 9.59 Å². The lowest BCUT2D eigenvalue weighted by atomic mass is 10.2. The van der Waals surface area contributed by atoms with Crippen molar-refractivity contribution in [1.82, 2.24) is 10.9 Å². The Morgan fingerprint density at radius 1 is 0.741 bits per heavy atom. The zero-order chi connectivity index (χ0) is 19.5. The van der Waals surface area contributed by atoms with E-state index in [-0.39, 0.29) is 36.2 Å². The number of hydrogen-bond acceptors (Lipinski definition) is 6. The van der Waals surface area contributed by atoms with Gasteiger partial charge in [-0.05, 0) is 66.1 Å². The first-order chi connectivity index (χ1) is 13.0. The van der Waals surface area contributed by atoms with Crippen molar-refractivity contribution in [3.63, 3.8) is 0 Å². The third-order valence-corrected chi connectivity index (χ3v) is 3.40. The maximum Gasteiger partial charge on any atom is 0.240 e. The molecule has 0 atom stereocenters. The quantitative estimate of drug-likeness (QED) is 0.419. The lowest BCUT2D eigenvalue weighted by Gasteiger charge is -2.01. The lowest BCUT2D eigenvalue weighted by Crippen LogP contribution is -2.20. The van der Waals surface area contributed by atoms with Crippen LogP contribution in [0.15, 0.2) is 58.7 Å². The fraction of sp³-hybridized carbons (Fsp3) is 0.158. The molecule has 0 radical (unpaired) electrons. The van der Waals surface area contributed by atoms with Crippen LogP contribution in [0.4, 0.5) is 0 Å². The third-order valence-electron chi connectivity index (χ3n) is 3.40. The SMILES string of the molecule is O=C(CCCC(=O)N/N=C/c1ccc(O)cc1)N/N=C/c1ccc(O)cc1. The molecule has 0 aliphatic carbocycles. The molecule has 4 N–H and O–H groups in total. The molecular formula is C19H20N4O4. The summed E-state index contributed by atoms with van der Waals surface area (Å²) in [6, 6.07) is 12.7. The van der Waals surface area contributed by atoms with Gasteiger partial charge in [0.05, 0.1) is 12.4 Å². The van der Waals surface area contributed by atoms with Gasteiger partial charge in [0.1, 0.15) is 11.5 Å². The van der Waals surface area contributed by atoms with Gasteiger partial charge in [0.15, 0.2) is 0 Å². The van der Waals surface area contributed by atoms with Crippen LogP contribution in [0.3, 0.4) is 0 Å². The molecule has 0 unspecified atom stereocenters. The van der Waals surface area contributed by atoms with E-state index in [0.29, 0.717) is 6.42 Å². The summed E-state index contributed by atoms with van der Waals surface area (Å²) in [5, 5.41) is 26.0. The number of hydrogen-bond donors (Lipinski definition) is 4. The van der Waals surface area contributed by atoms with Crippen molar-refractivity contribution >= 4 is 24.2 Å². The molecule has 140 valence electrons. The number of nitrogens with one attached hydrogen (secondary N) is 2. The molecule has 0 saturated carbocycles. The highest BCUT2D eigenvalue weighted by atomic mass is 16.3. The summed E-state index contributed by atoms with van der Waals surface area (Å²) in [6.07, 6.45) is 3.59. The van der Waals surface area contributed by atoms with Gasteiger partial charge in [0, 0.05) is 12.8 Å². The molecule has 0 aromatic heterocycles. The Morgan fingerprint density at radius 2 is 1.11 bits per heavy atom. The Bertz CT molecular complexity index is 745. The molecule has 2 aromatic carbocycles. The standard InChI is InChI=1S/C19H20N4O4/c24-16-8-4-14(5-9-16)12-20-22-18(26)2-1-3-19(27)23-21-13-15-6-10-17(25)11-7-15/h4-13,24-25H,1-3H2,(H,22,26)(H,23,27)/b20-12+,21-13+. The van der Waals surface area contributed by atoms with E-state index in [1.807, 2.05) is 0 Å². The number of carbonyl (C=O) groups is 2. The first-order valence-corrected chi connectivity index (χ1v) is 8.25. The van der Waals surface area contributed by atoms with Crippen LogP contribution in [0.1, 0.15) is 30.4 Å². The number of carbonyl (C=O) groups excluding carboxylic acids is 2. The predicted molar refractivity (Wildman–Crippen MR) is 102 cm³/mol. The second kappa shape index (κ2) is 10.3. The Morgan fingerprint density at radius 3 is 1.48 bits per heavy atom. The minimum absolute atomic E-state index is 0.155. The van der Waals surface area contributed by atoms with E-state index >= 15 is 0 Å². The van der Waals surface area contributed by atoms with Gasteiger partial charge < -0.3 is 10.2 Å². The van der Waals surface area contributed by atoms with Crippen LogP contribution in [-0.4, -0.2) is 34.5 Å². The highest BCUT2D eigenvalue weighted by molar-refractivity contribution is 5.84. The number of amides is 2. The van der Waals surface area contributed by atoms with Gasteiger partial charge in [-0.15, -0.1) is 0 Å². The molecule has 0 aliphatic heterocycles. The summed E-state index contributed by atoms with van der Waals surface area (Å²) >= 11 is 0. The van der Waals surface area contributed by atoms with Crippen LogP contribution >= 0.6 is 0 Å². The van der Waals surface area contributed by atoms with Crippen LogP contribution in [0.25, 0.3) is 0 Å². The van der Waals surface area contributed by atoms with E-state index < -0.39 is 0 Å². The minimum Gasteiger partial charge on any atom is -0.508 e. The summed E-state index contributed by atoms with van der Waals surface area (Å²) in [4.78, 5) is 23.3. The molecular weight excluding hydrogens is 348 g/mol. The van der Waals surface area contributed by atoms with E-state index in [0.717, 1.165) is 11.1 Å². The molecule has 8 heteroatoms. The van der Waals surface area contributed by atoms with E-state index in [1.54, 1.807) is 24.3 Å². The Kier molecular flexibility index (Phi) is 7.52. The second-order valence-electron chi connectivity index (χ2n) is 5.62. The number of benzene rings is 2. The molecule has 2 aromatic rings. The largest absolute Gasteiger partial charge is 0.508 e. The normalized spacial score (nSPS) is 11.0. The molecule has 0 spiro atoms. The predicted octanol–water partition coefficient (Wildman–Crippen LogP) is 1.87. The molecule has 0 aliphatic rings. The Labute approximate surface area is 156 Å². The molecule has 0 fully saturated rings. The summed E-state index contributed by atoms with van der Waals surface area (Å²) in [5.41, 5.74) is 6.22. The van der Waals surface area contributed by atoms with Crippen molar-refractivity contribution in [3.05, 3.63) is 59.7 Å². The molecule has 0 bridgehead atoms. The maximum atomic E-state index is 11.6. The van der Waals surface area contributed by atoms with Crippen LogP contribution in [0.2, 0.25) is 0 Å². The van der Waals surface area contributed by atoms with Crippen LogP contribution in [0.5, 0.6) is 11.5 Å². The zero-order valence-electron chi connectivity index (χ0n) is 14.5. The van der Waals surface area contributed by atoms with E-state index in [2.05, 4.69) is 21.1 Å². The first-order valence-electron chi connectivity index (χ1n) is 8.25. The van der Waals surface area contributed by atoms with Gasteiger partial charge in [-0.3, -0.25) is 9.59 Å². The van der Waals surface area contributed by atoms with Crippen LogP contribution in [0, 0.1) is 0 Å². The van der Waals surface area contributed by atoms with E-state index in [1.165, 1.54) is 36.7 Å². The third kappa shape index (κ3) is 7.82. The zero-order valence-corrected chi connectivity index (χ0v) is 14.5. The first kappa shape index (κ1) is 19.6. The number of phenolic OH excluding ortho intramolecular Hbond substituents is 2. The molecule has 0 heterocycles. The van der Waals surface area contributed by atoms with Crippen molar-refractivity contribution < 1.29 is 19.8 Å². The Hall–Kier alpha value is -3.68. The number of rotatable bonds is 8. The van der Waals surface area contributed by atoms with E-state index in [4.69, 9.17) is 10.2 Å². The van der Waals surface area contributed by atoms with Crippen molar-refractivity contribution in [1.29, 1.82) is 0 Å². The molecule has 2 amide bonds. The van der Waals surface area contributed by atoms with Gasteiger partial charge >= 0.3 is 0 Å². The molecule has 8 nitrogen and oxygen atoms in total. The average Bonchev–Trinajstić information content (AvgIpc) is 2.65. The number of nitrogens with zero attached hydrogens (tertiary/aromatic N) is 2. The lowest BCUT2D eigenvalue weighted by molar-refractivity contribution is -0.122. The number of phenols is 2. The Balaban J connectivity index is 1.61. The van der Waals surface area contributed by atoms with Crippen molar-refractivity contribution in [2.24, 2.45) is 10.2 Å². The summed E-state index contributed by atoms with van der Waals surface area (Å²) in [7, 11) is 0. The maximum absolute atomic E-state index is 11.6. The topological polar surface area (TPSA) is 123 Å². The van der Waals surface area contributed by atoms with Crippen molar-refractivity contribution in [3.8, 4) is 11.5 Å². The number of hydrazone groups is 2. The molecule has 2 rings (SSSR count). The number of aromatic hydroxyl groups is 2. The highest BCUT2D eigenvalue weighted by Crippen LogP contribution is 2.08. The van der Waals surface area contributed by atoms with Gasteiger partial charge in [-0.2, -0.15) is 10.2 Å². The van der Waals surface area contributed by atoms with Gasteiger partial charge in [0.25, 0.3) is 0 Å². The van der Waals surface area contributed by atoms with Crippen molar-refractivity contribution in [2.45, 2.75) is 19.3 Å². The summed E-state index contributed by atoms with van der Waals surface area (Å²) in [6.45, 7) is 0. The monoisotopic (exact) mass is 368 g/mol. The fourth-order valence-corrected chi connectivity index (χ4v) is 2.00. The molecule has 0 saturated heterocycles. The second-order valence-corrected chi connectivity index (χ2v) is 5.62. The van der Waals surface area contributed by atoms with Crippen molar-refractivity contribution in [2.75, 3.05) is 0 Å². The van der Waals surface area contributed by atoms with Gasteiger partial charge in [-0.25, -0.2) is 10.9 Å². The molecule has 27 heavy (non-hydrogen) atoms. The van der Waals surface area contributed by atoms with Gasteiger partial charge in [-0.1, -0.05) is 0 Å². The summed E-state index contributed by atoms with van der Waals surface area (Å²) < 4.78 is 0. The van der Waals surface area contributed by atoms with Crippen LogP contribution < -0.4 is 10.9 Å². The fourth-order valence-electron chi connectivity index (χ4n) is 2.00. The summed E-state index contributed by atoms with van der Waals surface area (Å²) in [5.74, 6) is -0.292. The average molecular weight is 368 g/mol.